The number of ketones is 3. The minimum Gasteiger partial charge on any atom is -0.300 e. The van der Waals surface area contributed by atoms with Gasteiger partial charge in [0.1, 0.15) is 5.78 Å². The van der Waals surface area contributed by atoms with Crippen molar-refractivity contribution in [2.75, 3.05) is 0 Å². The van der Waals surface area contributed by atoms with Gasteiger partial charge in [-0.05, 0) is 87.8 Å². The van der Waals surface area contributed by atoms with E-state index >= 15 is 0 Å². The van der Waals surface area contributed by atoms with Crippen LogP contribution in [0.1, 0.15) is 98.7 Å². The molecule has 0 fully saturated rings. The third-order valence-corrected chi connectivity index (χ3v) is 6.00. The fraction of sp³-hybridized carbons (Fsp3) is 0.400. The second kappa shape index (κ2) is 7.46. The monoisotopic (exact) mass is 376 g/mol. The van der Waals surface area contributed by atoms with Crippen LogP contribution < -0.4 is 0 Å². The number of Topliss-reactive ketones (excluding diaryl/α,β-unsaturated/α-hetero) is 1. The zero-order chi connectivity index (χ0) is 20.7. The maximum absolute atomic E-state index is 13.4. The van der Waals surface area contributed by atoms with E-state index in [1.54, 1.807) is 6.92 Å². The molecular weight excluding hydrogens is 348 g/mol. The molecule has 0 saturated carbocycles. The second-order valence-electron chi connectivity index (χ2n) is 8.16. The van der Waals surface area contributed by atoms with Crippen molar-refractivity contribution in [3.63, 3.8) is 0 Å². The minimum atomic E-state index is -0.0639. The molecule has 1 aliphatic rings. The van der Waals surface area contributed by atoms with Gasteiger partial charge >= 0.3 is 0 Å². The van der Waals surface area contributed by atoms with Crippen LogP contribution in [0.3, 0.4) is 0 Å². The lowest BCUT2D eigenvalue weighted by molar-refractivity contribution is -0.117. The molecule has 1 aliphatic carbocycles. The van der Waals surface area contributed by atoms with Gasteiger partial charge in [-0.2, -0.15) is 0 Å². The number of fused-ring (bicyclic) bond motifs is 2. The average molecular weight is 376 g/mol. The van der Waals surface area contributed by atoms with Crippen LogP contribution in [0, 0.1) is 27.7 Å². The smallest absolute Gasteiger partial charge is 0.195 e. The summed E-state index contributed by atoms with van der Waals surface area (Å²) in [5.41, 5.74) is 7.01. The van der Waals surface area contributed by atoms with Crippen molar-refractivity contribution in [1.29, 1.82) is 0 Å². The summed E-state index contributed by atoms with van der Waals surface area (Å²) in [6.07, 6.45) is 2.19. The third kappa shape index (κ3) is 3.23. The summed E-state index contributed by atoms with van der Waals surface area (Å²) in [5.74, 6) is 0.267. The van der Waals surface area contributed by atoms with Crippen molar-refractivity contribution in [2.45, 2.75) is 66.7 Å². The van der Waals surface area contributed by atoms with E-state index in [2.05, 4.69) is 6.92 Å². The van der Waals surface area contributed by atoms with Crippen molar-refractivity contribution < 1.29 is 14.4 Å². The Morgan fingerprint density at radius 1 is 0.893 bits per heavy atom. The van der Waals surface area contributed by atoms with Crippen LogP contribution in [0.4, 0.5) is 0 Å². The Morgan fingerprint density at radius 3 is 2.14 bits per heavy atom. The topological polar surface area (TPSA) is 51.2 Å². The van der Waals surface area contributed by atoms with E-state index in [1.807, 2.05) is 45.9 Å². The van der Waals surface area contributed by atoms with Crippen LogP contribution in [0.2, 0.25) is 0 Å². The minimum absolute atomic E-state index is 0.0535. The van der Waals surface area contributed by atoms with Crippen molar-refractivity contribution in [1.82, 2.24) is 0 Å². The maximum Gasteiger partial charge on any atom is 0.195 e. The molecule has 146 valence electrons. The molecule has 1 atom stereocenters. The highest BCUT2D eigenvalue weighted by atomic mass is 16.1. The van der Waals surface area contributed by atoms with E-state index in [9.17, 15) is 14.4 Å². The number of carbonyl (C=O) groups is 3. The van der Waals surface area contributed by atoms with Crippen molar-refractivity contribution >= 4 is 17.3 Å². The highest BCUT2D eigenvalue weighted by molar-refractivity contribution is 6.29. The molecular formula is C25H28O3. The Balaban J connectivity index is 2.21. The maximum atomic E-state index is 13.4. The predicted molar refractivity (Wildman–Crippen MR) is 112 cm³/mol. The first-order valence-corrected chi connectivity index (χ1v) is 10.0. The van der Waals surface area contributed by atoms with Gasteiger partial charge in [-0.15, -0.1) is 0 Å². The number of hydrogen-bond acceptors (Lipinski definition) is 3. The van der Waals surface area contributed by atoms with Crippen molar-refractivity contribution in [3.8, 4) is 0 Å². The highest BCUT2D eigenvalue weighted by Crippen LogP contribution is 2.38. The van der Waals surface area contributed by atoms with Gasteiger partial charge in [0.15, 0.2) is 11.6 Å². The summed E-state index contributed by atoms with van der Waals surface area (Å²) in [4.78, 5) is 38.2. The third-order valence-electron chi connectivity index (χ3n) is 6.00. The van der Waals surface area contributed by atoms with Crippen LogP contribution in [-0.4, -0.2) is 17.3 Å². The summed E-state index contributed by atoms with van der Waals surface area (Å²) < 4.78 is 0. The standard InChI is InChI=1S/C25H28O3/c1-7-18(9-8-16(5)26)21-15(4)12-20-23(17(21)6)25(28)22-14(3)10-13(2)11-19(22)24(20)27/h10-12,18H,7-9H2,1-6H3. The second-order valence-corrected chi connectivity index (χ2v) is 8.16. The number of carbonyl (C=O) groups excluding carboxylic acids is 3. The number of benzene rings is 2. The van der Waals surface area contributed by atoms with E-state index in [0.717, 1.165) is 40.7 Å². The SMILES string of the molecule is CCC(CCC(C)=O)c1c(C)cc2c(c1C)C(=O)c1c(C)cc(C)cc1C2=O. The summed E-state index contributed by atoms with van der Waals surface area (Å²) >= 11 is 0. The molecule has 3 rings (SSSR count). The van der Waals surface area contributed by atoms with Gasteiger partial charge in [-0.3, -0.25) is 9.59 Å². The zero-order valence-corrected chi connectivity index (χ0v) is 17.7. The fourth-order valence-electron chi connectivity index (χ4n) is 4.75. The van der Waals surface area contributed by atoms with Crippen LogP contribution in [0.15, 0.2) is 18.2 Å². The summed E-state index contributed by atoms with van der Waals surface area (Å²) in [7, 11) is 0. The first-order chi connectivity index (χ1) is 13.2. The molecule has 0 saturated heterocycles. The van der Waals surface area contributed by atoms with E-state index in [4.69, 9.17) is 0 Å². The molecule has 0 heterocycles. The molecule has 3 nitrogen and oxygen atoms in total. The van der Waals surface area contributed by atoms with Gasteiger partial charge < -0.3 is 4.79 Å². The molecule has 0 bridgehead atoms. The highest BCUT2D eigenvalue weighted by Gasteiger charge is 2.34. The Labute approximate surface area is 167 Å². The molecule has 0 aromatic heterocycles. The lowest BCUT2D eigenvalue weighted by atomic mass is 9.75. The summed E-state index contributed by atoms with van der Waals surface area (Å²) in [5, 5.41) is 0. The molecule has 0 N–H and O–H groups in total. The van der Waals surface area contributed by atoms with Crippen LogP contribution in [0.5, 0.6) is 0 Å². The fourth-order valence-corrected chi connectivity index (χ4v) is 4.75. The molecule has 2 aromatic carbocycles. The van der Waals surface area contributed by atoms with Crippen molar-refractivity contribution in [2.24, 2.45) is 0 Å². The van der Waals surface area contributed by atoms with Crippen LogP contribution >= 0.6 is 0 Å². The van der Waals surface area contributed by atoms with E-state index in [0.29, 0.717) is 28.7 Å². The zero-order valence-electron chi connectivity index (χ0n) is 17.7. The molecule has 0 radical (unpaired) electrons. The van der Waals surface area contributed by atoms with Gasteiger partial charge in [0.2, 0.25) is 0 Å². The number of rotatable bonds is 5. The van der Waals surface area contributed by atoms with Gasteiger partial charge in [0, 0.05) is 28.7 Å². The van der Waals surface area contributed by atoms with E-state index in [-0.39, 0.29) is 23.3 Å². The lowest BCUT2D eigenvalue weighted by Crippen LogP contribution is -2.25. The van der Waals surface area contributed by atoms with E-state index in [1.165, 1.54) is 0 Å². The quantitative estimate of drug-likeness (QED) is 0.586. The van der Waals surface area contributed by atoms with Crippen LogP contribution in [0.25, 0.3) is 0 Å². The average Bonchev–Trinajstić information content (AvgIpc) is 2.60. The molecule has 3 heteroatoms. The van der Waals surface area contributed by atoms with Crippen molar-refractivity contribution in [3.05, 3.63) is 68.3 Å². The molecule has 0 aliphatic heterocycles. The molecule has 28 heavy (non-hydrogen) atoms. The van der Waals surface area contributed by atoms with Gasteiger partial charge in [-0.25, -0.2) is 0 Å². The Bertz CT molecular complexity index is 1010. The van der Waals surface area contributed by atoms with E-state index < -0.39 is 0 Å². The van der Waals surface area contributed by atoms with Gasteiger partial charge in [0.25, 0.3) is 0 Å². The predicted octanol–water partition coefficient (Wildman–Crippen LogP) is 5.56. The first kappa shape index (κ1) is 20.2. The Kier molecular flexibility index (Phi) is 5.38. The molecule has 2 aromatic rings. The van der Waals surface area contributed by atoms with Crippen LogP contribution in [-0.2, 0) is 4.79 Å². The number of aryl methyl sites for hydroxylation is 3. The van der Waals surface area contributed by atoms with Gasteiger partial charge in [-0.1, -0.05) is 18.6 Å². The normalized spacial score (nSPS) is 13.9. The van der Waals surface area contributed by atoms with Gasteiger partial charge in [0.05, 0.1) is 0 Å². The largest absolute Gasteiger partial charge is 0.300 e. The number of hydrogen-bond donors (Lipinski definition) is 0. The molecule has 0 spiro atoms. The molecule has 1 unspecified atom stereocenters. The lowest BCUT2D eigenvalue weighted by Gasteiger charge is -2.27. The molecule has 0 amide bonds. The summed E-state index contributed by atoms with van der Waals surface area (Å²) in [6, 6.07) is 5.67. The Morgan fingerprint density at radius 2 is 1.54 bits per heavy atom. The Hall–Kier alpha value is -2.55. The first-order valence-electron chi connectivity index (χ1n) is 10.0. The summed E-state index contributed by atoms with van der Waals surface area (Å²) in [6.45, 7) is 11.5.